The number of hydrogen-bond acceptors (Lipinski definition) is 5. The molecule has 8 heteroatoms. The van der Waals surface area contributed by atoms with Crippen LogP contribution >= 0.6 is 15.9 Å². The molecule has 3 aromatic rings. The summed E-state index contributed by atoms with van der Waals surface area (Å²) in [4.78, 5) is 12.6. The van der Waals surface area contributed by atoms with Gasteiger partial charge >= 0.3 is 0 Å². The number of carbonyl (C=O) groups excluding carboxylic acids is 1. The molecule has 214 valence electrons. The van der Waals surface area contributed by atoms with Gasteiger partial charge in [0.15, 0.2) is 11.5 Å². The number of carbonyl (C=O) groups is 1. The van der Waals surface area contributed by atoms with E-state index in [0.717, 1.165) is 16.7 Å². The van der Waals surface area contributed by atoms with E-state index in [1.54, 1.807) is 30.3 Å². The first kappa shape index (κ1) is 31.1. The number of methoxy groups -OCH3 is 1. The minimum Gasteiger partial charge on any atom is -0.507 e. The van der Waals surface area contributed by atoms with Gasteiger partial charge in [0.25, 0.3) is 0 Å². The third-order valence-corrected chi connectivity index (χ3v) is 7.00. The average Bonchev–Trinajstić information content (AvgIpc) is 2.86. The first-order valence-corrected chi connectivity index (χ1v) is 13.9. The fraction of sp³-hybridized carbons (Fsp3) is 0.375. The van der Waals surface area contributed by atoms with Crippen molar-refractivity contribution >= 4 is 28.1 Å². The van der Waals surface area contributed by atoms with Crippen LogP contribution in [0.4, 0.5) is 4.39 Å². The number of nitrogens with zero attached hydrogens (tertiary/aromatic N) is 1. The van der Waals surface area contributed by atoms with Crippen molar-refractivity contribution < 1.29 is 23.8 Å². The van der Waals surface area contributed by atoms with Gasteiger partial charge in [0.2, 0.25) is 5.91 Å². The van der Waals surface area contributed by atoms with Crippen LogP contribution in [-0.4, -0.2) is 24.3 Å². The van der Waals surface area contributed by atoms with Crippen molar-refractivity contribution in [2.75, 3.05) is 7.11 Å². The Kier molecular flexibility index (Phi) is 10.0. The van der Waals surface area contributed by atoms with E-state index in [1.165, 1.54) is 19.4 Å². The molecule has 0 fully saturated rings. The minimum atomic E-state index is -0.341. The molecule has 0 radical (unpaired) electrons. The fourth-order valence-corrected chi connectivity index (χ4v) is 4.77. The molecule has 0 unspecified atom stereocenters. The molecule has 2 N–H and O–H groups in total. The quantitative estimate of drug-likeness (QED) is 0.193. The van der Waals surface area contributed by atoms with E-state index in [-0.39, 0.29) is 35.6 Å². The molecule has 0 aliphatic heterocycles. The second kappa shape index (κ2) is 12.9. The Balaban J connectivity index is 1.66. The molecule has 0 spiro atoms. The van der Waals surface area contributed by atoms with E-state index in [9.17, 15) is 14.3 Å². The predicted octanol–water partition coefficient (Wildman–Crippen LogP) is 7.56. The average molecular weight is 614 g/mol. The third kappa shape index (κ3) is 8.07. The monoisotopic (exact) mass is 612 g/mol. The first-order chi connectivity index (χ1) is 18.7. The second-order valence-electron chi connectivity index (χ2n) is 11.7. The second-order valence-corrected chi connectivity index (χ2v) is 12.6. The Morgan fingerprint density at radius 2 is 1.68 bits per heavy atom. The van der Waals surface area contributed by atoms with Gasteiger partial charge in [-0.25, -0.2) is 9.82 Å². The number of amides is 1. The summed E-state index contributed by atoms with van der Waals surface area (Å²) in [6.45, 7) is 12.4. The molecule has 0 bridgehead atoms. The molecule has 0 heterocycles. The van der Waals surface area contributed by atoms with Gasteiger partial charge in [-0.3, -0.25) is 4.79 Å². The predicted molar refractivity (Wildman–Crippen MR) is 161 cm³/mol. The van der Waals surface area contributed by atoms with Gasteiger partial charge in [-0.2, -0.15) is 5.10 Å². The van der Waals surface area contributed by atoms with E-state index in [0.29, 0.717) is 39.3 Å². The fourth-order valence-electron chi connectivity index (χ4n) is 4.19. The van der Waals surface area contributed by atoms with Crippen LogP contribution in [0.5, 0.6) is 17.2 Å². The number of benzene rings is 3. The number of phenols is 1. The Labute approximate surface area is 244 Å². The van der Waals surface area contributed by atoms with Crippen molar-refractivity contribution in [3.8, 4) is 17.2 Å². The minimum absolute atomic E-state index is 0.0423. The van der Waals surface area contributed by atoms with E-state index in [1.807, 2.05) is 12.1 Å². The SMILES string of the molecule is COc1cc(/C=N\NC(=O)CCc2cc(C(C)(C)C)c(O)c(C(C)(C)C)c2)cc(Br)c1OCc1ccccc1F. The van der Waals surface area contributed by atoms with Crippen LogP contribution in [0.25, 0.3) is 0 Å². The van der Waals surface area contributed by atoms with Crippen molar-refractivity contribution in [2.45, 2.75) is 71.8 Å². The smallest absolute Gasteiger partial charge is 0.240 e. The number of ether oxygens (including phenoxy) is 2. The molecule has 3 rings (SSSR count). The zero-order chi connectivity index (χ0) is 29.7. The number of aromatic hydroxyl groups is 1. The van der Waals surface area contributed by atoms with Gasteiger partial charge in [0.05, 0.1) is 17.8 Å². The number of nitrogens with one attached hydrogen (secondary N) is 1. The van der Waals surface area contributed by atoms with Gasteiger partial charge in [-0.15, -0.1) is 0 Å². The molecule has 3 aromatic carbocycles. The van der Waals surface area contributed by atoms with Crippen LogP contribution in [0.1, 0.15) is 75.8 Å². The maximum atomic E-state index is 14.0. The maximum Gasteiger partial charge on any atom is 0.240 e. The summed E-state index contributed by atoms with van der Waals surface area (Å²) >= 11 is 3.48. The maximum absolute atomic E-state index is 14.0. The Morgan fingerprint density at radius 1 is 1.05 bits per heavy atom. The standard InChI is InChI=1S/C32H38BrFN2O4/c1-31(2,3)23-14-20(15-24(29(23)38)32(4,5)6)12-13-28(37)36-35-18-21-16-25(33)30(27(17-21)39-7)40-19-22-10-8-9-11-26(22)34/h8-11,14-18,38H,12-13,19H2,1-7H3,(H,36,37)/b35-18-. The zero-order valence-corrected chi connectivity index (χ0v) is 25.8. The van der Waals surface area contributed by atoms with Crippen LogP contribution in [0.15, 0.2) is 58.1 Å². The topological polar surface area (TPSA) is 80.2 Å². The highest BCUT2D eigenvalue weighted by Crippen LogP contribution is 2.40. The molecule has 0 saturated heterocycles. The normalized spacial score (nSPS) is 12.0. The Bertz CT molecular complexity index is 1360. The van der Waals surface area contributed by atoms with E-state index in [2.05, 4.69) is 68.0 Å². The summed E-state index contributed by atoms with van der Waals surface area (Å²) in [7, 11) is 1.51. The van der Waals surface area contributed by atoms with Crippen molar-refractivity contribution in [3.63, 3.8) is 0 Å². The molecule has 0 aliphatic carbocycles. The molecule has 0 atom stereocenters. The summed E-state index contributed by atoms with van der Waals surface area (Å²) in [6.07, 6.45) is 2.27. The summed E-state index contributed by atoms with van der Waals surface area (Å²) in [5.74, 6) is 0.629. The lowest BCUT2D eigenvalue weighted by molar-refractivity contribution is -0.121. The van der Waals surface area contributed by atoms with Crippen LogP contribution < -0.4 is 14.9 Å². The van der Waals surface area contributed by atoms with Crippen molar-refractivity contribution in [2.24, 2.45) is 5.10 Å². The molecule has 0 aliphatic rings. The van der Waals surface area contributed by atoms with Gasteiger partial charge in [0.1, 0.15) is 18.2 Å². The van der Waals surface area contributed by atoms with Crippen molar-refractivity contribution in [1.29, 1.82) is 0 Å². The lowest BCUT2D eigenvalue weighted by atomic mass is 9.78. The van der Waals surface area contributed by atoms with Gasteiger partial charge in [-0.1, -0.05) is 71.9 Å². The molecule has 0 aromatic heterocycles. The van der Waals surface area contributed by atoms with Crippen molar-refractivity contribution in [1.82, 2.24) is 5.43 Å². The summed E-state index contributed by atoms with van der Waals surface area (Å²) in [6, 6.07) is 13.9. The number of rotatable bonds is 9. The number of halogens is 2. The van der Waals surface area contributed by atoms with Crippen molar-refractivity contribution in [3.05, 3.63) is 86.6 Å². The highest BCUT2D eigenvalue weighted by atomic mass is 79.9. The molecule has 1 amide bonds. The van der Waals surface area contributed by atoms with Crippen LogP contribution in [-0.2, 0) is 28.7 Å². The summed E-state index contributed by atoms with van der Waals surface area (Å²) < 4.78 is 25.8. The summed E-state index contributed by atoms with van der Waals surface area (Å²) in [5, 5.41) is 15.0. The highest BCUT2D eigenvalue weighted by molar-refractivity contribution is 9.10. The van der Waals surface area contributed by atoms with Gasteiger partial charge < -0.3 is 14.6 Å². The van der Waals surface area contributed by atoms with Crippen LogP contribution in [0, 0.1) is 5.82 Å². The Hall–Kier alpha value is -3.39. The highest BCUT2D eigenvalue weighted by Gasteiger charge is 2.26. The van der Waals surface area contributed by atoms with E-state index < -0.39 is 0 Å². The lowest BCUT2D eigenvalue weighted by Gasteiger charge is -2.28. The number of hydrogen-bond donors (Lipinski definition) is 2. The van der Waals surface area contributed by atoms with E-state index >= 15 is 0 Å². The van der Waals surface area contributed by atoms with Crippen LogP contribution in [0.2, 0.25) is 0 Å². The first-order valence-electron chi connectivity index (χ1n) is 13.1. The number of phenolic OH excluding ortho intramolecular Hbond substituents is 1. The van der Waals surface area contributed by atoms with Crippen LogP contribution in [0.3, 0.4) is 0 Å². The van der Waals surface area contributed by atoms with Gasteiger partial charge in [-0.05, 0) is 73.6 Å². The number of hydrazone groups is 1. The molecule has 40 heavy (non-hydrogen) atoms. The Morgan fingerprint density at radius 3 is 2.25 bits per heavy atom. The molecular formula is C32H38BrFN2O4. The lowest BCUT2D eigenvalue weighted by Crippen LogP contribution is -2.20. The van der Waals surface area contributed by atoms with Gasteiger partial charge in [0, 0.05) is 12.0 Å². The molecular weight excluding hydrogens is 575 g/mol. The van der Waals surface area contributed by atoms with E-state index in [4.69, 9.17) is 9.47 Å². The summed E-state index contributed by atoms with van der Waals surface area (Å²) in [5.41, 5.74) is 5.94. The third-order valence-electron chi connectivity index (χ3n) is 6.41. The molecule has 0 saturated carbocycles. The largest absolute Gasteiger partial charge is 0.507 e. The zero-order valence-electron chi connectivity index (χ0n) is 24.2. The molecule has 6 nitrogen and oxygen atoms in total. The number of aryl methyl sites for hydroxylation is 1.